The molecule has 37 heavy (non-hydrogen) atoms. The van der Waals surface area contributed by atoms with Crippen LogP contribution in [0.2, 0.25) is 0 Å². The number of carbonyl (C=O) groups excluding carboxylic acids is 3. The van der Waals surface area contributed by atoms with Crippen molar-refractivity contribution in [2.75, 3.05) is 7.11 Å². The summed E-state index contributed by atoms with van der Waals surface area (Å²) >= 11 is 0. The molecule has 0 aliphatic heterocycles. The van der Waals surface area contributed by atoms with E-state index in [1.165, 1.54) is 110 Å². The molecular formula is C32H56O5. The van der Waals surface area contributed by atoms with Crippen molar-refractivity contribution >= 4 is 17.5 Å². The lowest BCUT2D eigenvalue weighted by Gasteiger charge is -2.35. The Kier molecular flexibility index (Phi) is 17.5. The van der Waals surface area contributed by atoms with Crippen LogP contribution in [-0.2, 0) is 19.1 Å². The number of ether oxygens (including phenoxy) is 1. The standard InChI is InChI=1S/C32H56O5/c1-5-6-7-8-9-10-11-12-13-14-15-16-17-18-19-20-21-22-23-24-26(33)28-27(34)25-32(2,3)29(30(28)35)31(36)37-4/h29,35H,5-25H2,1-4H3. The molecule has 0 bridgehead atoms. The van der Waals surface area contributed by atoms with Gasteiger partial charge in [0.2, 0.25) is 0 Å². The number of hydrogen-bond donors (Lipinski definition) is 1. The van der Waals surface area contributed by atoms with Crippen molar-refractivity contribution < 1.29 is 24.2 Å². The van der Waals surface area contributed by atoms with Gasteiger partial charge in [-0.2, -0.15) is 0 Å². The van der Waals surface area contributed by atoms with Crippen LogP contribution in [0.1, 0.15) is 156 Å². The maximum Gasteiger partial charge on any atom is 0.316 e. The van der Waals surface area contributed by atoms with Gasteiger partial charge in [0.05, 0.1) is 12.7 Å². The largest absolute Gasteiger partial charge is 0.510 e. The minimum Gasteiger partial charge on any atom is -0.510 e. The summed E-state index contributed by atoms with van der Waals surface area (Å²) < 4.78 is 4.81. The van der Waals surface area contributed by atoms with E-state index in [4.69, 9.17) is 4.74 Å². The highest BCUT2D eigenvalue weighted by Gasteiger charge is 2.48. The first kappa shape index (κ1) is 33.4. The molecule has 1 unspecified atom stereocenters. The van der Waals surface area contributed by atoms with E-state index in [1.54, 1.807) is 13.8 Å². The molecule has 1 aliphatic rings. The van der Waals surface area contributed by atoms with Crippen molar-refractivity contribution in [3.05, 3.63) is 11.3 Å². The van der Waals surface area contributed by atoms with Crippen molar-refractivity contribution in [1.29, 1.82) is 0 Å². The molecule has 0 aromatic heterocycles. The lowest BCUT2D eigenvalue weighted by atomic mass is 9.67. The van der Waals surface area contributed by atoms with E-state index in [0.29, 0.717) is 6.42 Å². The normalized spacial score (nSPS) is 17.3. The van der Waals surface area contributed by atoms with E-state index in [-0.39, 0.29) is 30.0 Å². The van der Waals surface area contributed by atoms with Crippen LogP contribution in [0.25, 0.3) is 0 Å². The molecule has 0 spiro atoms. The fraction of sp³-hybridized carbons (Fsp3) is 0.844. The second-order valence-corrected chi connectivity index (χ2v) is 11.8. The average Bonchev–Trinajstić information content (AvgIpc) is 2.84. The van der Waals surface area contributed by atoms with Gasteiger partial charge in [-0.25, -0.2) is 0 Å². The second-order valence-electron chi connectivity index (χ2n) is 11.8. The predicted octanol–water partition coefficient (Wildman–Crippen LogP) is 8.98. The van der Waals surface area contributed by atoms with Crippen molar-refractivity contribution in [3.8, 4) is 0 Å². The topological polar surface area (TPSA) is 80.7 Å². The molecule has 0 radical (unpaired) electrons. The number of allylic oxidation sites excluding steroid dienone is 1. The summed E-state index contributed by atoms with van der Waals surface area (Å²) in [6.45, 7) is 5.75. The molecule has 0 saturated heterocycles. The number of aliphatic hydroxyl groups excluding tert-OH is 1. The number of methoxy groups -OCH3 is 1. The van der Waals surface area contributed by atoms with Crippen LogP contribution in [-0.4, -0.2) is 29.8 Å². The summed E-state index contributed by atoms with van der Waals surface area (Å²) in [5, 5.41) is 10.6. The Hall–Kier alpha value is -1.65. The molecule has 0 fully saturated rings. The monoisotopic (exact) mass is 520 g/mol. The zero-order chi connectivity index (χ0) is 27.5. The Morgan fingerprint density at radius 3 is 1.51 bits per heavy atom. The Morgan fingerprint density at radius 1 is 0.757 bits per heavy atom. The van der Waals surface area contributed by atoms with Gasteiger partial charge in [-0.05, 0) is 11.8 Å². The number of rotatable bonds is 22. The van der Waals surface area contributed by atoms with Gasteiger partial charge in [-0.3, -0.25) is 14.4 Å². The van der Waals surface area contributed by atoms with Gasteiger partial charge in [-0.1, -0.05) is 136 Å². The first-order valence-electron chi connectivity index (χ1n) is 15.3. The number of unbranched alkanes of at least 4 members (excludes halogenated alkanes) is 18. The zero-order valence-corrected chi connectivity index (χ0v) is 24.5. The minimum absolute atomic E-state index is 0.0527. The van der Waals surface area contributed by atoms with Crippen molar-refractivity contribution in [2.24, 2.45) is 11.3 Å². The molecule has 0 saturated carbocycles. The third-order valence-electron chi connectivity index (χ3n) is 7.93. The number of esters is 1. The van der Waals surface area contributed by atoms with Crippen LogP contribution in [0.15, 0.2) is 11.3 Å². The maximum absolute atomic E-state index is 12.7. The van der Waals surface area contributed by atoms with Gasteiger partial charge in [0.25, 0.3) is 0 Å². The van der Waals surface area contributed by atoms with E-state index in [0.717, 1.165) is 12.8 Å². The third kappa shape index (κ3) is 13.1. The van der Waals surface area contributed by atoms with E-state index < -0.39 is 23.1 Å². The SMILES string of the molecule is CCCCCCCCCCCCCCCCCCCCCC(=O)C1=C(O)C(C(=O)OC)C(C)(C)CC1=O. The van der Waals surface area contributed by atoms with Gasteiger partial charge >= 0.3 is 5.97 Å². The molecule has 5 nitrogen and oxygen atoms in total. The number of Topliss-reactive ketones (excluding diaryl/α,β-unsaturated/α-hetero) is 2. The van der Waals surface area contributed by atoms with Gasteiger partial charge in [0.1, 0.15) is 11.7 Å². The molecule has 0 aromatic rings. The van der Waals surface area contributed by atoms with Crippen molar-refractivity contribution in [1.82, 2.24) is 0 Å². The molecule has 1 atom stereocenters. The molecule has 0 aromatic carbocycles. The number of ketones is 2. The number of aliphatic hydroxyl groups is 1. The summed E-state index contributed by atoms with van der Waals surface area (Å²) in [5.74, 6) is -2.71. The molecular weight excluding hydrogens is 464 g/mol. The molecule has 1 rings (SSSR count). The first-order chi connectivity index (χ1) is 17.8. The lowest BCUT2D eigenvalue weighted by Crippen LogP contribution is -2.41. The van der Waals surface area contributed by atoms with Gasteiger partial charge < -0.3 is 9.84 Å². The zero-order valence-electron chi connectivity index (χ0n) is 24.5. The summed E-state index contributed by atoms with van der Waals surface area (Å²) in [5.41, 5.74) is -0.956. The molecule has 1 N–H and O–H groups in total. The van der Waals surface area contributed by atoms with E-state index in [2.05, 4.69) is 6.92 Å². The van der Waals surface area contributed by atoms with Crippen molar-refractivity contribution in [3.63, 3.8) is 0 Å². The van der Waals surface area contributed by atoms with Crippen LogP contribution >= 0.6 is 0 Å². The molecule has 214 valence electrons. The molecule has 0 heterocycles. The maximum atomic E-state index is 12.7. The van der Waals surface area contributed by atoms with Crippen LogP contribution in [0.3, 0.4) is 0 Å². The highest BCUT2D eigenvalue weighted by molar-refractivity contribution is 6.21. The number of carbonyl (C=O) groups is 3. The highest BCUT2D eigenvalue weighted by Crippen LogP contribution is 2.42. The molecule has 5 heteroatoms. The van der Waals surface area contributed by atoms with E-state index in [9.17, 15) is 19.5 Å². The van der Waals surface area contributed by atoms with Crippen LogP contribution in [0.5, 0.6) is 0 Å². The van der Waals surface area contributed by atoms with Crippen molar-refractivity contribution in [2.45, 2.75) is 156 Å². The average molecular weight is 521 g/mol. The Bertz CT molecular complexity index is 706. The Balaban J connectivity index is 2.06. The number of hydrogen-bond acceptors (Lipinski definition) is 5. The van der Waals surface area contributed by atoms with Gasteiger partial charge in [-0.15, -0.1) is 0 Å². The lowest BCUT2D eigenvalue weighted by molar-refractivity contribution is -0.150. The second kappa shape index (κ2) is 19.4. The summed E-state index contributed by atoms with van der Waals surface area (Å²) in [7, 11) is 1.25. The van der Waals surface area contributed by atoms with Crippen LogP contribution in [0, 0.1) is 11.3 Å². The predicted molar refractivity (Wildman–Crippen MR) is 152 cm³/mol. The summed E-state index contributed by atoms with van der Waals surface area (Å²) in [6.07, 6.45) is 24.8. The smallest absolute Gasteiger partial charge is 0.316 e. The molecule has 0 amide bonds. The quantitative estimate of drug-likeness (QED) is 0.0875. The minimum atomic E-state index is -0.973. The Labute approximate surface area is 227 Å². The van der Waals surface area contributed by atoms with E-state index in [1.807, 2.05) is 0 Å². The van der Waals surface area contributed by atoms with Crippen LogP contribution < -0.4 is 0 Å². The summed E-state index contributed by atoms with van der Waals surface area (Å²) in [4.78, 5) is 37.4. The fourth-order valence-corrected chi connectivity index (χ4v) is 5.60. The highest BCUT2D eigenvalue weighted by atomic mass is 16.5. The third-order valence-corrected chi connectivity index (χ3v) is 7.93. The fourth-order valence-electron chi connectivity index (χ4n) is 5.60. The molecule has 1 aliphatic carbocycles. The Morgan fingerprint density at radius 2 is 1.14 bits per heavy atom. The van der Waals surface area contributed by atoms with Gasteiger partial charge in [0, 0.05) is 12.8 Å². The first-order valence-corrected chi connectivity index (χ1v) is 15.3. The van der Waals surface area contributed by atoms with Gasteiger partial charge in [0.15, 0.2) is 11.6 Å². The summed E-state index contributed by atoms with van der Waals surface area (Å²) in [6, 6.07) is 0. The van der Waals surface area contributed by atoms with E-state index >= 15 is 0 Å². The van der Waals surface area contributed by atoms with Crippen LogP contribution in [0.4, 0.5) is 0 Å².